The van der Waals surface area contributed by atoms with Crippen molar-refractivity contribution in [2.45, 2.75) is 18.9 Å². The summed E-state index contributed by atoms with van der Waals surface area (Å²) in [5.74, 6) is 1.03. The molecule has 0 spiro atoms. The maximum absolute atomic E-state index is 12.1. The normalized spacial score (nSPS) is 30.3. The molecular weight excluding hydrogens is 226 g/mol. The molecule has 2 heterocycles. The molecule has 2 rings (SSSR count). The first-order valence-corrected chi connectivity index (χ1v) is 6.61. The van der Waals surface area contributed by atoms with E-state index in [1.54, 1.807) is 0 Å². The second-order valence-corrected chi connectivity index (χ2v) is 5.32. The van der Waals surface area contributed by atoms with Gasteiger partial charge in [-0.05, 0) is 25.3 Å². The van der Waals surface area contributed by atoms with E-state index in [9.17, 15) is 9.59 Å². The molecule has 6 heteroatoms. The van der Waals surface area contributed by atoms with E-state index in [-0.39, 0.29) is 17.2 Å². The Balaban J connectivity index is 1.91. The van der Waals surface area contributed by atoms with Crippen LogP contribution in [0.5, 0.6) is 0 Å². The van der Waals surface area contributed by atoms with Crippen molar-refractivity contribution in [1.82, 2.24) is 10.2 Å². The van der Waals surface area contributed by atoms with E-state index in [2.05, 4.69) is 5.32 Å². The number of amides is 2. The summed E-state index contributed by atoms with van der Waals surface area (Å²) in [7, 11) is 0. The monoisotopic (exact) mass is 243 g/mol. The number of hydrogen-bond acceptors (Lipinski definition) is 4. The van der Waals surface area contributed by atoms with E-state index in [1.807, 2.05) is 4.90 Å². The Morgan fingerprint density at radius 3 is 3.06 bits per heavy atom. The molecule has 0 aromatic rings. The number of carbonyl (C=O) groups is 2. The molecule has 0 aromatic heterocycles. The molecule has 3 N–H and O–H groups in total. The van der Waals surface area contributed by atoms with Crippen LogP contribution in [0.4, 0.5) is 4.79 Å². The number of rotatable bonds is 2. The summed E-state index contributed by atoms with van der Waals surface area (Å²) in [6.45, 7) is 2.17. The number of nitrogens with one attached hydrogen (secondary N) is 1. The Kier molecular flexibility index (Phi) is 3.70. The number of nitrogens with zero attached hydrogens (tertiary/aromatic N) is 1. The van der Waals surface area contributed by atoms with Crippen molar-refractivity contribution in [2.75, 3.05) is 25.4 Å². The van der Waals surface area contributed by atoms with E-state index in [1.165, 1.54) is 11.8 Å². The van der Waals surface area contributed by atoms with Gasteiger partial charge in [0.25, 0.3) is 5.24 Å². The Bertz CT molecular complexity index is 298. The zero-order valence-corrected chi connectivity index (χ0v) is 9.96. The van der Waals surface area contributed by atoms with Crippen LogP contribution in [0.15, 0.2) is 0 Å². The van der Waals surface area contributed by atoms with Gasteiger partial charge in [-0.1, -0.05) is 11.8 Å². The van der Waals surface area contributed by atoms with E-state index in [4.69, 9.17) is 5.73 Å². The predicted molar refractivity (Wildman–Crippen MR) is 63.1 cm³/mol. The van der Waals surface area contributed by atoms with Crippen LogP contribution in [0.3, 0.4) is 0 Å². The molecule has 0 bridgehead atoms. The number of thioether (sulfide) groups is 1. The van der Waals surface area contributed by atoms with Crippen LogP contribution in [-0.4, -0.2) is 47.5 Å². The van der Waals surface area contributed by atoms with Crippen LogP contribution in [-0.2, 0) is 4.79 Å². The molecule has 0 saturated carbocycles. The Hall–Kier alpha value is -0.750. The van der Waals surface area contributed by atoms with Crippen LogP contribution in [0.25, 0.3) is 0 Å². The minimum atomic E-state index is -0.325. The highest BCUT2D eigenvalue weighted by atomic mass is 32.2. The lowest BCUT2D eigenvalue weighted by Crippen LogP contribution is -2.50. The molecule has 2 saturated heterocycles. The lowest BCUT2D eigenvalue weighted by molar-refractivity contribution is -0.134. The fraction of sp³-hybridized carbons (Fsp3) is 0.800. The van der Waals surface area contributed by atoms with Gasteiger partial charge >= 0.3 is 0 Å². The van der Waals surface area contributed by atoms with E-state index >= 15 is 0 Å². The van der Waals surface area contributed by atoms with Crippen molar-refractivity contribution in [1.29, 1.82) is 0 Å². The zero-order valence-electron chi connectivity index (χ0n) is 9.15. The largest absolute Gasteiger partial charge is 0.341 e. The number of nitrogens with two attached hydrogens (primary N) is 1. The number of carbonyl (C=O) groups excluding carboxylic acids is 2. The van der Waals surface area contributed by atoms with Crippen LogP contribution in [0.1, 0.15) is 12.8 Å². The van der Waals surface area contributed by atoms with Crippen molar-refractivity contribution in [3.63, 3.8) is 0 Å². The molecule has 2 aliphatic heterocycles. The Morgan fingerprint density at radius 2 is 2.44 bits per heavy atom. The average molecular weight is 243 g/mol. The summed E-state index contributed by atoms with van der Waals surface area (Å²) in [5.41, 5.74) is 5.63. The van der Waals surface area contributed by atoms with E-state index in [0.29, 0.717) is 18.2 Å². The fourth-order valence-corrected chi connectivity index (χ4v) is 2.97. The number of likely N-dealkylation sites (tertiary alicyclic amines) is 1. The SMILES string of the molecule is NCC1CCCN(C(=O)C2CSC(=O)N2)C1. The van der Waals surface area contributed by atoms with Gasteiger partial charge in [-0.25, -0.2) is 0 Å². The van der Waals surface area contributed by atoms with Crippen LogP contribution < -0.4 is 11.1 Å². The lowest BCUT2D eigenvalue weighted by atomic mass is 9.98. The van der Waals surface area contributed by atoms with Gasteiger partial charge in [-0.2, -0.15) is 0 Å². The smallest absolute Gasteiger partial charge is 0.279 e. The summed E-state index contributed by atoms with van der Waals surface area (Å²) < 4.78 is 0. The summed E-state index contributed by atoms with van der Waals surface area (Å²) >= 11 is 1.18. The third kappa shape index (κ3) is 2.49. The van der Waals surface area contributed by atoms with Gasteiger partial charge in [0.2, 0.25) is 5.91 Å². The summed E-state index contributed by atoms with van der Waals surface area (Å²) in [6, 6.07) is -0.325. The first-order valence-electron chi connectivity index (χ1n) is 5.63. The third-order valence-electron chi connectivity index (χ3n) is 3.14. The number of hydrogen-bond donors (Lipinski definition) is 2. The topological polar surface area (TPSA) is 75.4 Å². The molecule has 0 aromatic carbocycles. The molecule has 2 unspecified atom stereocenters. The molecule has 90 valence electrons. The summed E-state index contributed by atoms with van der Waals surface area (Å²) in [5, 5.41) is 2.59. The first-order chi connectivity index (χ1) is 7.70. The third-order valence-corrected chi connectivity index (χ3v) is 4.02. The molecule has 2 fully saturated rings. The summed E-state index contributed by atoms with van der Waals surface area (Å²) in [4.78, 5) is 24.9. The number of piperidine rings is 1. The fourth-order valence-electron chi connectivity index (χ4n) is 2.20. The Labute approximate surface area is 99.1 Å². The second-order valence-electron chi connectivity index (χ2n) is 4.32. The van der Waals surface area contributed by atoms with Crippen LogP contribution in [0, 0.1) is 5.92 Å². The highest BCUT2D eigenvalue weighted by Crippen LogP contribution is 2.19. The molecule has 0 radical (unpaired) electrons. The molecule has 5 nitrogen and oxygen atoms in total. The zero-order chi connectivity index (χ0) is 11.5. The van der Waals surface area contributed by atoms with Crippen molar-refractivity contribution >= 4 is 22.9 Å². The lowest BCUT2D eigenvalue weighted by Gasteiger charge is -2.33. The van der Waals surface area contributed by atoms with Crippen LogP contribution >= 0.6 is 11.8 Å². The minimum Gasteiger partial charge on any atom is -0.341 e. The molecule has 16 heavy (non-hydrogen) atoms. The van der Waals surface area contributed by atoms with E-state index in [0.717, 1.165) is 25.9 Å². The highest BCUT2D eigenvalue weighted by molar-refractivity contribution is 8.14. The maximum atomic E-state index is 12.1. The molecule has 2 amide bonds. The minimum absolute atomic E-state index is 0.0523. The van der Waals surface area contributed by atoms with Gasteiger partial charge in [0, 0.05) is 18.8 Å². The Morgan fingerprint density at radius 1 is 1.62 bits per heavy atom. The molecule has 0 aliphatic carbocycles. The average Bonchev–Trinajstić information content (AvgIpc) is 2.75. The van der Waals surface area contributed by atoms with Crippen molar-refractivity contribution < 1.29 is 9.59 Å². The maximum Gasteiger partial charge on any atom is 0.279 e. The van der Waals surface area contributed by atoms with Crippen LogP contribution in [0.2, 0.25) is 0 Å². The second kappa shape index (κ2) is 5.05. The van der Waals surface area contributed by atoms with Gasteiger partial charge in [-0.15, -0.1) is 0 Å². The highest BCUT2D eigenvalue weighted by Gasteiger charge is 2.33. The molecule has 2 aliphatic rings. The van der Waals surface area contributed by atoms with Gasteiger partial charge in [0.15, 0.2) is 0 Å². The van der Waals surface area contributed by atoms with Gasteiger partial charge in [0.1, 0.15) is 6.04 Å². The summed E-state index contributed by atoms with van der Waals surface area (Å²) in [6.07, 6.45) is 2.12. The van der Waals surface area contributed by atoms with Crippen molar-refractivity contribution in [3.05, 3.63) is 0 Å². The van der Waals surface area contributed by atoms with Gasteiger partial charge in [0.05, 0.1) is 0 Å². The van der Waals surface area contributed by atoms with Gasteiger partial charge in [-0.3, -0.25) is 9.59 Å². The van der Waals surface area contributed by atoms with Crippen molar-refractivity contribution in [2.24, 2.45) is 11.7 Å². The van der Waals surface area contributed by atoms with Gasteiger partial charge < -0.3 is 16.0 Å². The first kappa shape index (κ1) is 11.7. The quantitative estimate of drug-likeness (QED) is 0.716. The molecular formula is C10H17N3O2S. The van der Waals surface area contributed by atoms with Crippen molar-refractivity contribution in [3.8, 4) is 0 Å². The van der Waals surface area contributed by atoms with E-state index < -0.39 is 0 Å². The predicted octanol–water partition coefficient (Wildman–Crippen LogP) is 0.00870. The molecule has 2 atom stereocenters. The standard InChI is InChI=1S/C10H17N3O2S/c11-4-7-2-1-3-13(5-7)9(14)8-6-16-10(15)12-8/h7-8H,1-6,11H2,(H,12,15).